The fourth-order valence-electron chi connectivity index (χ4n) is 3.32. The van der Waals surface area contributed by atoms with E-state index in [1.54, 1.807) is 42.5 Å². The van der Waals surface area contributed by atoms with Gasteiger partial charge in [0.25, 0.3) is 0 Å². The van der Waals surface area contributed by atoms with Gasteiger partial charge in [-0.1, -0.05) is 37.3 Å². The summed E-state index contributed by atoms with van der Waals surface area (Å²) in [5.74, 6) is 0.397. The molecule has 0 saturated carbocycles. The molecule has 0 spiro atoms. The van der Waals surface area contributed by atoms with E-state index in [-0.39, 0.29) is 11.5 Å². The van der Waals surface area contributed by atoms with Crippen LogP contribution in [0.2, 0.25) is 0 Å². The quantitative estimate of drug-likeness (QED) is 0.289. The molecule has 33 heavy (non-hydrogen) atoms. The van der Waals surface area contributed by atoms with Gasteiger partial charge >= 0.3 is 17.9 Å². The highest BCUT2D eigenvalue weighted by Crippen LogP contribution is 2.32. The number of rotatable bonds is 14. The second kappa shape index (κ2) is 12.4. The van der Waals surface area contributed by atoms with E-state index in [1.807, 2.05) is 13.0 Å². The van der Waals surface area contributed by atoms with Gasteiger partial charge in [-0.3, -0.25) is 4.79 Å². The number of ketones is 1. The molecule has 1 unspecified atom stereocenters. The van der Waals surface area contributed by atoms with Gasteiger partial charge in [0.05, 0.1) is 5.56 Å². The minimum Gasteiger partial charge on any atom is -0.486 e. The summed E-state index contributed by atoms with van der Waals surface area (Å²) in [6.45, 7) is 1.94. The normalized spacial score (nSPS) is 12.9. The molecule has 1 atom stereocenters. The smallest absolute Gasteiger partial charge is 0.486 e. The molecule has 182 valence electrons. The summed E-state index contributed by atoms with van der Waals surface area (Å²) in [5, 5.41) is 0. The molecule has 0 aliphatic heterocycles. The van der Waals surface area contributed by atoms with Crippen LogP contribution in [0.25, 0.3) is 0 Å². The van der Waals surface area contributed by atoms with E-state index in [2.05, 4.69) is 0 Å². The highest BCUT2D eigenvalue weighted by Gasteiger charge is 2.49. The van der Waals surface area contributed by atoms with Crippen LogP contribution in [0, 0.1) is 0 Å². The molecular formula is C22H32O9Si2. The van der Waals surface area contributed by atoms with Gasteiger partial charge in [0.15, 0.2) is 11.5 Å². The Balaban J connectivity index is 2.52. The number of benzene rings is 2. The molecule has 0 amide bonds. The first-order chi connectivity index (χ1) is 15.9. The molecule has 0 radical (unpaired) electrons. The van der Waals surface area contributed by atoms with Crippen LogP contribution in [0.1, 0.15) is 29.3 Å². The maximum atomic E-state index is 13.2. The monoisotopic (exact) mass is 496 g/mol. The van der Waals surface area contributed by atoms with Gasteiger partial charge in [0, 0.05) is 54.3 Å². The number of carbonyl (C=O) groups excluding carboxylic acids is 1. The lowest BCUT2D eigenvalue weighted by atomic mass is 10.0. The predicted octanol–water partition coefficient (Wildman–Crippen LogP) is 3.25. The maximum Gasteiger partial charge on any atom is 0.748 e. The zero-order valence-corrected chi connectivity index (χ0v) is 22.1. The SMILES string of the molecule is CCC(Oc1ccc(C(=O)c2ccccc2)c(O[Si](OC)(OC)OC)c1)[Si](OC)(OC)OC. The highest BCUT2D eigenvalue weighted by atomic mass is 28.4. The summed E-state index contributed by atoms with van der Waals surface area (Å²) >= 11 is 0. The van der Waals surface area contributed by atoms with Crippen LogP contribution < -0.4 is 9.16 Å². The summed E-state index contributed by atoms with van der Waals surface area (Å²) in [6.07, 6.45) is 0.565. The topological polar surface area (TPSA) is 90.9 Å². The molecule has 2 aromatic carbocycles. The third kappa shape index (κ3) is 6.08. The lowest BCUT2D eigenvalue weighted by Gasteiger charge is -2.32. The van der Waals surface area contributed by atoms with Gasteiger partial charge in [-0.15, -0.1) is 0 Å². The molecule has 0 heterocycles. The Morgan fingerprint density at radius 2 is 1.39 bits per heavy atom. The average molecular weight is 497 g/mol. The summed E-state index contributed by atoms with van der Waals surface area (Å²) in [7, 11) is 2.19. The second-order valence-corrected chi connectivity index (χ2v) is 12.3. The number of ether oxygens (including phenoxy) is 1. The van der Waals surface area contributed by atoms with E-state index in [0.717, 1.165) is 0 Å². The Hall–Kier alpha value is -2.10. The van der Waals surface area contributed by atoms with Crippen LogP contribution in [0.5, 0.6) is 11.5 Å². The van der Waals surface area contributed by atoms with Gasteiger partial charge in [0.2, 0.25) is 0 Å². The van der Waals surface area contributed by atoms with Crippen LogP contribution in [0.15, 0.2) is 48.5 Å². The fraction of sp³-hybridized carbons (Fsp3) is 0.409. The summed E-state index contributed by atoms with van der Waals surface area (Å²) in [4.78, 5) is 13.2. The first-order valence-corrected chi connectivity index (χ1v) is 13.7. The summed E-state index contributed by atoms with van der Waals surface area (Å²) in [5.41, 5.74) is 0.320. The third-order valence-electron chi connectivity index (χ3n) is 5.12. The average Bonchev–Trinajstić information content (AvgIpc) is 2.88. The van der Waals surface area contributed by atoms with Crippen LogP contribution in [-0.4, -0.2) is 72.0 Å². The number of hydrogen-bond acceptors (Lipinski definition) is 9. The van der Waals surface area contributed by atoms with Gasteiger partial charge < -0.3 is 35.7 Å². The zero-order chi connectivity index (χ0) is 24.5. The first-order valence-electron chi connectivity index (χ1n) is 10.3. The van der Waals surface area contributed by atoms with Crippen molar-refractivity contribution in [3.8, 4) is 11.5 Å². The molecule has 2 rings (SSSR count). The lowest BCUT2D eigenvalue weighted by molar-refractivity contribution is 0.0501. The van der Waals surface area contributed by atoms with E-state index in [0.29, 0.717) is 23.3 Å². The fourth-order valence-corrected chi connectivity index (χ4v) is 6.57. The predicted molar refractivity (Wildman–Crippen MR) is 125 cm³/mol. The molecule has 0 N–H and O–H groups in total. The largest absolute Gasteiger partial charge is 0.748 e. The molecule has 0 fully saturated rings. The van der Waals surface area contributed by atoms with Crippen molar-refractivity contribution in [3.05, 3.63) is 59.7 Å². The molecule has 9 nitrogen and oxygen atoms in total. The van der Waals surface area contributed by atoms with Crippen molar-refractivity contribution in [1.82, 2.24) is 0 Å². The van der Waals surface area contributed by atoms with Crippen molar-refractivity contribution < 1.29 is 40.5 Å². The summed E-state index contributed by atoms with van der Waals surface area (Å²) < 4.78 is 45.1. The minimum absolute atomic E-state index is 0.202. The van der Waals surface area contributed by atoms with E-state index in [1.165, 1.54) is 42.7 Å². The molecule has 2 aromatic rings. The van der Waals surface area contributed by atoms with Crippen molar-refractivity contribution in [2.75, 3.05) is 42.7 Å². The van der Waals surface area contributed by atoms with Gasteiger partial charge in [-0.2, -0.15) is 0 Å². The van der Waals surface area contributed by atoms with Crippen molar-refractivity contribution >= 4 is 23.6 Å². The van der Waals surface area contributed by atoms with Crippen molar-refractivity contribution in [3.63, 3.8) is 0 Å². The van der Waals surface area contributed by atoms with Crippen LogP contribution in [-0.2, 0) is 26.6 Å². The van der Waals surface area contributed by atoms with E-state index >= 15 is 0 Å². The first kappa shape index (κ1) is 27.2. The minimum atomic E-state index is -3.54. The van der Waals surface area contributed by atoms with E-state index in [9.17, 15) is 4.79 Å². The van der Waals surface area contributed by atoms with Crippen LogP contribution in [0.4, 0.5) is 0 Å². The van der Waals surface area contributed by atoms with Gasteiger partial charge in [-0.05, 0) is 18.6 Å². The second-order valence-electron chi connectivity index (χ2n) is 6.80. The third-order valence-corrected chi connectivity index (χ3v) is 10.1. The van der Waals surface area contributed by atoms with Crippen LogP contribution >= 0.6 is 0 Å². The Bertz CT molecular complexity index is 870. The van der Waals surface area contributed by atoms with E-state index < -0.39 is 23.6 Å². The van der Waals surface area contributed by atoms with Crippen molar-refractivity contribution in [2.45, 2.75) is 19.1 Å². The summed E-state index contributed by atoms with van der Waals surface area (Å²) in [6, 6.07) is 13.8. The number of hydrogen-bond donors (Lipinski definition) is 0. The maximum absolute atomic E-state index is 13.2. The molecular weight excluding hydrogens is 464 g/mol. The molecule has 0 saturated heterocycles. The number of carbonyl (C=O) groups is 1. The van der Waals surface area contributed by atoms with E-state index in [4.69, 9.17) is 35.7 Å². The van der Waals surface area contributed by atoms with Gasteiger partial charge in [-0.25, -0.2) is 0 Å². The lowest BCUT2D eigenvalue weighted by Crippen LogP contribution is -2.56. The molecule has 11 heteroatoms. The Morgan fingerprint density at radius 3 is 1.88 bits per heavy atom. The van der Waals surface area contributed by atoms with Crippen molar-refractivity contribution in [2.24, 2.45) is 0 Å². The standard InChI is InChI=1S/C22H32O9Si2/c1-8-21(32(24-2,25-3)26-4)30-18-14-15-19(22(23)17-12-10-9-11-13-17)20(16-18)31-33(27-5,28-6)29-7/h9-16,21H,8H2,1-7H3. The molecule has 0 aromatic heterocycles. The molecule has 0 aliphatic carbocycles. The Kier molecular flexibility index (Phi) is 10.2. The Morgan fingerprint density at radius 1 is 0.818 bits per heavy atom. The Labute approximate surface area is 197 Å². The van der Waals surface area contributed by atoms with Crippen molar-refractivity contribution in [1.29, 1.82) is 0 Å². The molecule has 0 aliphatic rings. The van der Waals surface area contributed by atoms with Crippen LogP contribution in [0.3, 0.4) is 0 Å². The zero-order valence-electron chi connectivity index (χ0n) is 20.1. The highest BCUT2D eigenvalue weighted by molar-refractivity contribution is 6.62. The van der Waals surface area contributed by atoms with Gasteiger partial charge in [0.1, 0.15) is 11.5 Å². The molecule has 0 bridgehead atoms.